The topological polar surface area (TPSA) is 32.8 Å². The molecule has 3 atom stereocenters. The Morgan fingerprint density at radius 1 is 1.21 bits per heavy atom. The van der Waals surface area contributed by atoms with Crippen LogP contribution in [0.4, 0.5) is 0 Å². The Morgan fingerprint density at radius 3 is 2.68 bits per heavy atom. The van der Waals surface area contributed by atoms with Crippen LogP contribution in [0.1, 0.15) is 44.1 Å². The van der Waals surface area contributed by atoms with Crippen LogP contribution in [-0.4, -0.2) is 61.1 Å². The van der Waals surface area contributed by atoms with Gasteiger partial charge in [-0.3, -0.25) is 9.69 Å². The van der Waals surface area contributed by atoms with Crippen LogP contribution in [-0.2, 0) is 16.0 Å². The smallest absolute Gasteiger partial charge is 0.227 e. The summed E-state index contributed by atoms with van der Waals surface area (Å²) in [5.74, 6) is 0.153. The molecule has 2 heterocycles. The van der Waals surface area contributed by atoms with Gasteiger partial charge in [0.15, 0.2) is 0 Å². The number of amides is 1. The second-order valence-corrected chi connectivity index (χ2v) is 9.56. The average Bonchev–Trinajstić information content (AvgIpc) is 3.37. The van der Waals surface area contributed by atoms with E-state index in [1.165, 1.54) is 25.7 Å². The Hall–Kier alpha value is -0.810. The molecule has 4 nitrogen and oxygen atoms in total. The molecular weight excluding hydrogens is 395 g/mol. The Morgan fingerprint density at radius 2 is 2.00 bits per heavy atom. The number of benzene rings is 1. The van der Waals surface area contributed by atoms with Crippen molar-refractivity contribution < 1.29 is 9.53 Å². The van der Waals surface area contributed by atoms with Crippen LogP contribution in [0.2, 0.25) is 10.0 Å². The number of likely N-dealkylation sites (tertiary alicyclic amines) is 1. The van der Waals surface area contributed by atoms with Crippen molar-refractivity contribution in [1.29, 1.82) is 0 Å². The third-order valence-electron chi connectivity index (χ3n) is 7.06. The summed E-state index contributed by atoms with van der Waals surface area (Å²) in [6.45, 7) is 3.92. The van der Waals surface area contributed by atoms with Crippen molar-refractivity contribution in [1.82, 2.24) is 9.80 Å². The lowest BCUT2D eigenvalue weighted by molar-refractivity contribution is -0.138. The summed E-state index contributed by atoms with van der Waals surface area (Å²) in [5, 5.41) is 1.03. The molecule has 154 valence electrons. The van der Waals surface area contributed by atoms with Crippen LogP contribution in [0, 0.1) is 5.41 Å². The molecule has 0 bridgehead atoms. The lowest BCUT2D eigenvalue weighted by Crippen LogP contribution is -2.62. The number of carbonyl (C=O) groups excluding carboxylic acids is 1. The predicted octanol–water partition coefficient (Wildman–Crippen LogP) is 4.42. The normalized spacial score (nSPS) is 30.8. The molecule has 1 saturated carbocycles. The van der Waals surface area contributed by atoms with Crippen LogP contribution in [0.5, 0.6) is 0 Å². The fourth-order valence-corrected chi connectivity index (χ4v) is 5.98. The molecule has 4 rings (SSSR count). The molecule has 3 fully saturated rings. The van der Waals surface area contributed by atoms with Crippen molar-refractivity contribution in [3.8, 4) is 0 Å². The molecule has 2 saturated heterocycles. The first-order valence-electron chi connectivity index (χ1n) is 10.5. The van der Waals surface area contributed by atoms with E-state index in [1.807, 2.05) is 24.1 Å². The number of halogens is 2. The first-order valence-corrected chi connectivity index (χ1v) is 11.3. The average molecular weight is 425 g/mol. The summed E-state index contributed by atoms with van der Waals surface area (Å²) >= 11 is 12.2. The van der Waals surface area contributed by atoms with Gasteiger partial charge in [0, 0.05) is 25.1 Å². The molecule has 1 aromatic rings. The van der Waals surface area contributed by atoms with Gasteiger partial charge in [0.2, 0.25) is 5.91 Å². The highest BCUT2D eigenvalue weighted by Gasteiger charge is 2.52. The quantitative estimate of drug-likeness (QED) is 0.716. The van der Waals surface area contributed by atoms with Crippen molar-refractivity contribution in [3.63, 3.8) is 0 Å². The standard InChI is InChI=1S/C22H30Cl2N2O2/c1-25(20(27)14-16-6-7-17(23)18(24)13-16)21-19(26-10-2-3-11-26)5-4-8-22(21)9-12-28-15-22/h6-7,13,19,21H,2-5,8-12,14-15H2,1H3. The summed E-state index contributed by atoms with van der Waals surface area (Å²) in [5.41, 5.74) is 1.02. The van der Waals surface area contributed by atoms with E-state index in [0.29, 0.717) is 22.5 Å². The van der Waals surface area contributed by atoms with E-state index in [4.69, 9.17) is 27.9 Å². The number of hydrogen-bond acceptors (Lipinski definition) is 3. The fourth-order valence-electron chi connectivity index (χ4n) is 5.66. The number of carbonyl (C=O) groups is 1. The van der Waals surface area contributed by atoms with Gasteiger partial charge in [-0.1, -0.05) is 35.7 Å². The third kappa shape index (κ3) is 3.94. The van der Waals surface area contributed by atoms with Crippen molar-refractivity contribution in [2.24, 2.45) is 5.41 Å². The van der Waals surface area contributed by atoms with Crippen LogP contribution >= 0.6 is 23.2 Å². The van der Waals surface area contributed by atoms with Crippen molar-refractivity contribution in [2.45, 2.75) is 57.0 Å². The van der Waals surface area contributed by atoms with Crippen LogP contribution in [0.15, 0.2) is 18.2 Å². The van der Waals surface area contributed by atoms with Gasteiger partial charge >= 0.3 is 0 Å². The van der Waals surface area contributed by atoms with E-state index in [0.717, 1.165) is 44.7 Å². The van der Waals surface area contributed by atoms with Crippen LogP contribution in [0.25, 0.3) is 0 Å². The molecule has 6 heteroatoms. The summed E-state index contributed by atoms with van der Waals surface area (Å²) in [4.78, 5) is 18.0. The monoisotopic (exact) mass is 424 g/mol. The van der Waals surface area contributed by atoms with Crippen LogP contribution < -0.4 is 0 Å². The summed E-state index contributed by atoms with van der Waals surface area (Å²) in [6.07, 6.45) is 7.53. The lowest BCUT2D eigenvalue weighted by Gasteiger charge is -2.52. The molecule has 0 N–H and O–H groups in total. The second-order valence-electron chi connectivity index (χ2n) is 8.74. The first-order chi connectivity index (χ1) is 13.5. The number of nitrogens with zero attached hydrogens (tertiary/aromatic N) is 2. The Balaban J connectivity index is 1.57. The number of rotatable bonds is 4. The Labute approximate surface area is 178 Å². The summed E-state index contributed by atoms with van der Waals surface area (Å²) in [7, 11) is 2.00. The van der Waals surface area contributed by atoms with E-state index in [2.05, 4.69) is 4.90 Å². The van der Waals surface area contributed by atoms with E-state index in [1.54, 1.807) is 6.07 Å². The Bertz CT molecular complexity index is 714. The van der Waals surface area contributed by atoms with Gasteiger partial charge in [0.05, 0.1) is 29.1 Å². The minimum absolute atomic E-state index is 0.105. The summed E-state index contributed by atoms with van der Waals surface area (Å²) in [6, 6.07) is 6.14. The summed E-state index contributed by atoms with van der Waals surface area (Å²) < 4.78 is 5.87. The molecule has 2 aliphatic heterocycles. The van der Waals surface area contributed by atoms with Gasteiger partial charge in [-0.15, -0.1) is 0 Å². The van der Waals surface area contributed by atoms with Crippen molar-refractivity contribution >= 4 is 29.1 Å². The minimum atomic E-state index is 0.105. The van der Waals surface area contributed by atoms with E-state index >= 15 is 0 Å². The lowest BCUT2D eigenvalue weighted by atomic mass is 9.66. The van der Waals surface area contributed by atoms with E-state index in [-0.39, 0.29) is 17.4 Å². The van der Waals surface area contributed by atoms with Crippen molar-refractivity contribution in [2.75, 3.05) is 33.4 Å². The fraction of sp³-hybridized carbons (Fsp3) is 0.682. The third-order valence-corrected chi connectivity index (χ3v) is 7.80. The molecule has 0 radical (unpaired) electrons. The van der Waals surface area contributed by atoms with E-state index in [9.17, 15) is 4.79 Å². The van der Waals surface area contributed by atoms with Gasteiger partial charge in [0.1, 0.15) is 0 Å². The minimum Gasteiger partial charge on any atom is -0.381 e. The highest BCUT2D eigenvalue weighted by atomic mass is 35.5. The maximum Gasteiger partial charge on any atom is 0.227 e. The number of hydrogen-bond donors (Lipinski definition) is 0. The molecule has 28 heavy (non-hydrogen) atoms. The molecule has 3 unspecified atom stereocenters. The molecule has 3 aliphatic rings. The Kier molecular flexibility index (Phi) is 6.22. The zero-order valence-corrected chi connectivity index (χ0v) is 18.1. The predicted molar refractivity (Wildman–Crippen MR) is 113 cm³/mol. The zero-order valence-electron chi connectivity index (χ0n) is 16.6. The highest BCUT2D eigenvalue weighted by molar-refractivity contribution is 6.42. The molecule has 1 spiro atoms. The molecule has 1 aliphatic carbocycles. The number of likely N-dealkylation sites (N-methyl/N-ethyl adjacent to an activating group) is 1. The molecule has 0 aromatic heterocycles. The van der Waals surface area contributed by atoms with Gasteiger partial charge in [-0.05, 0) is 62.9 Å². The molecular formula is C22H30Cl2N2O2. The SMILES string of the molecule is CN(C(=O)Cc1ccc(Cl)c(Cl)c1)C1C(N2CCCC2)CCCC12CCOC2. The maximum atomic E-state index is 13.3. The van der Waals surface area contributed by atoms with Crippen LogP contribution in [0.3, 0.4) is 0 Å². The van der Waals surface area contributed by atoms with E-state index < -0.39 is 0 Å². The molecule has 1 amide bonds. The zero-order chi connectivity index (χ0) is 19.7. The van der Waals surface area contributed by atoms with Gasteiger partial charge in [0.25, 0.3) is 0 Å². The largest absolute Gasteiger partial charge is 0.381 e. The highest BCUT2D eigenvalue weighted by Crippen LogP contribution is 2.47. The first kappa shape index (κ1) is 20.5. The van der Waals surface area contributed by atoms with Crippen molar-refractivity contribution in [3.05, 3.63) is 33.8 Å². The number of ether oxygens (including phenoxy) is 1. The molecule has 1 aromatic carbocycles. The van der Waals surface area contributed by atoms with Gasteiger partial charge in [-0.2, -0.15) is 0 Å². The maximum absolute atomic E-state index is 13.3. The van der Waals surface area contributed by atoms with Gasteiger partial charge in [-0.25, -0.2) is 0 Å². The van der Waals surface area contributed by atoms with Gasteiger partial charge < -0.3 is 9.64 Å². The second kappa shape index (κ2) is 8.51.